The molecule has 14 heavy (non-hydrogen) atoms. The Hall–Kier alpha value is -1.69. The lowest BCUT2D eigenvalue weighted by atomic mass is 10.3. The average molecular weight is 192 g/mol. The van der Waals surface area contributed by atoms with Crippen LogP contribution in [-0.2, 0) is 14.1 Å². The highest BCUT2D eigenvalue weighted by Gasteiger charge is 2.17. The van der Waals surface area contributed by atoms with E-state index in [1.165, 1.54) is 0 Å². The van der Waals surface area contributed by atoms with Gasteiger partial charge in [0.15, 0.2) is 5.82 Å². The van der Waals surface area contributed by atoms with Crippen LogP contribution in [0.4, 0.5) is 0 Å². The van der Waals surface area contributed by atoms with Gasteiger partial charge in [0.25, 0.3) is 0 Å². The summed E-state index contributed by atoms with van der Waals surface area (Å²) in [4.78, 5) is 4.17. The van der Waals surface area contributed by atoms with Crippen LogP contribution in [0.15, 0.2) is 18.7 Å². The van der Waals surface area contributed by atoms with Gasteiger partial charge in [0.1, 0.15) is 18.2 Å². The van der Waals surface area contributed by atoms with Crippen LogP contribution in [0.3, 0.4) is 0 Å². The molecule has 2 aromatic heterocycles. The fraction of sp³-hybridized carbons (Fsp3) is 0.375. The van der Waals surface area contributed by atoms with E-state index in [2.05, 4.69) is 15.2 Å². The Labute approximate surface area is 81.4 Å². The third kappa shape index (κ3) is 1.29. The van der Waals surface area contributed by atoms with Gasteiger partial charge in [0.2, 0.25) is 0 Å². The van der Waals surface area contributed by atoms with E-state index in [0.29, 0.717) is 5.82 Å². The molecule has 0 saturated heterocycles. The van der Waals surface area contributed by atoms with Crippen LogP contribution in [0.1, 0.15) is 17.7 Å². The van der Waals surface area contributed by atoms with Gasteiger partial charge in [-0.2, -0.15) is 0 Å². The minimum Gasteiger partial charge on any atom is -0.336 e. The van der Waals surface area contributed by atoms with Crippen LogP contribution in [-0.4, -0.2) is 24.3 Å². The summed E-state index contributed by atoms with van der Waals surface area (Å²) >= 11 is 0. The first-order valence-corrected chi connectivity index (χ1v) is 4.27. The number of aromatic nitrogens is 5. The molecule has 2 heterocycles. The van der Waals surface area contributed by atoms with E-state index in [9.17, 15) is 0 Å². The van der Waals surface area contributed by atoms with Gasteiger partial charge in [-0.25, -0.2) is 4.98 Å². The molecule has 2 rings (SSSR count). The maximum atomic E-state index is 6.00. The van der Waals surface area contributed by atoms with Crippen LogP contribution in [0.2, 0.25) is 0 Å². The molecule has 2 N–H and O–H groups in total. The second-order valence-corrected chi connectivity index (χ2v) is 3.17. The van der Waals surface area contributed by atoms with Crippen molar-refractivity contribution in [3.05, 3.63) is 30.4 Å². The van der Waals surface area contributed by atoms with Gasteiger partial charge in [0.05, 0.1) is 0 Å². The number of hydrogen-bond acceptors (Lipinski definition) is 4. The molecule has 74 valence electrons. The van der Waals surface area contributed by atoms with E-state index >= 15 is 0 Å². The summed E-state index contributed by atoms with van der Waals surface area (Å²) < 4.78 is 3.67. The molecular weight excluding hydrogens is 180 g/mol. The van der Waals surface area contributed by atoms with Crippen molar-refractivity contribution in [3.8, 4) is 0 Å². The molecule has 2 aromatic rings. The Morgan fingerprint density at radius 2 is 2.07 bits per heavy atom. The molecule has 0 fully saturated rings. The van der Waals surface area contributed by atoms with Gasteiger partial charge in [-0.1, -0.05) is 0 Å². The minimum atomic E-state index is -0.331. The highest BCUT2D eigenvalue weighted by Crippen LogP contribution is 2.13. The second-order valence-electron chi connectivity index (χ2n) is 3.17. The average Bonchev–Trinajstić information content (AvgIpc) is 2.73. The lowest BCUT2D eigenvalue weighted by Gasteiger charge is -2.09. The third-order valence-corrected chi connectivity index (χ3v) is 2.16. The maximum Gasteiger partial charge on any atom is 0.157 e. The Morgan fingerprint density at radius 1 is 1.29 bits per heavy atom. The topological polar surface area (TPSA) is 74.6 Å². The summed E-state index contributed by atoms with van der Waals surface area (Å²) in [7, 11) is 3.76. The number of nitrogens with two attached hydrogens (primary N) is 1. The van der Waals surface area contributed by atoms with Crippen LogP contribution < -0.4 is 5.73 Å². The monoisotopic (exact) mass is 192 g/mol. The molecule has 0 aromatic carbocycles. The lowest BCUT2D eigenvalue weighted by molar-refractivity contribution is 0.647. The van der Waals surface area contributed by atoms with Crippen LogP contribution >= 0.6 is 0 Å². The summed E-state index contributed by atoms with van der Waals surface area (Å²) in [5, 5.41) is 7.73. The van der Waals surface area contributed by atoms with Gasteiger partial charge in [0, 0.05) is 26.5 Å². The standard InChI is InChI=1S/C8H12N6/c1-13-4-3-10-7(13)6(9)8-12-11-5-14(8)2/h3-6H,9H2,1-2H3. The van der Waals surface area contributed by atoms with E-state index in [-0.39, 0.29) is 6.04 Å². The van der Waals surface area contributed by atoms with Crippen LogP contribution in [0.25, 0.3) is 0 Å². The molecule has 0 aliphatic carbocycles. The zero-order valence-corrected chi connectivity index (χ0v) is 8.12. The van der Waals surface area contributed by atoms with Gasteiger partial charge in [-0.05, 0) is 0 Å². The molecule has 0 spiro atoms. The fourth-order valence-electron chi connectivity index (χ4n) is 1.37. The predicted octanol–water partition coefficient (Wildman–Crippen LogP) is -0.403. The molecule has 0 radical (unpaired) electrons. The first-order chi connectivity index (χ1) is 6.70. The Kier molecular flexibility index (Phi) is 2.05. The van der Waals surface area contributed by atoms with Crippen molar-refractivity contribution in [1.29, 1.82) is 0 Å². The first kappa shape index (κ1) is 8.89. The third-order valence-electron chi connectivity index (χ3n) is 2.16. The highest BCUT2D eigenvalue weighted by molar-refractivity contribution is 5.09. The molecule has 0 saturated carbocycles. The number of aryl methyl sites for hydroxylation is 2. The Morgan fingerprint density at radius 3 is 2.57 bits per heavy atom. The van der Waals surface area contributed by atoms with Crippen molar-refractivity contribution in [1.82, 2.24) is 24.3 Å². The summed E-state index contributed by atoms with van der Waals surface area (Å²) in [5.74, 6) is 1.49. The SMILES string of the molecule is Cn1ccnc1C(N)c1nncn1C. The molecule has 0 aliphatic rings. The summed E-state index contributed by atoms with van der Waals surface area (Å²) in [6, 6.07) is -0.331. The molecule has 0 amide bonds. The van der Waals surface area contributed by atoms with Crippen molar-refractivity contribution < 1.29 is 0 Å². The van der Waals surface area contributed by atoms with Crippen LogP contribution in [0, 0.1) is 0 Å². The van der Waals surface area contributed by atoms with E-state index in [4.69, 9.17) is 5.73 Å². The molecule has 0 bridgehead atoms. The number of imidazole rings is 1. The first-order valence-electron chi connectivity index (χ1n) is 4.27. The fourth-order valence-corrected chi connectivity index (χ4v) is 1.37. The number of nitrogens with zero attached hydrogens (tertiary/aromatic N) is 5. The van der Waals surface area contributed by atoms with E-state index < -0.39 is 0 Å². The lowest BCUT2D eigenvalue weighted by Crippen LogP contribution is -2.20. The molecular formula is C8H12N6. The van der Waals surface area contributed by atoms with E-state index in [1.54, 1.807) is 17.1 Å². The number of rotatable bonds is 2. The zero-order valence-electron chi connectivity index (χ0n) is 8.12. The summed E-state index contributed by atoms with van der Waals surface area (Å²) in [6.07, 6.45) is 5.19. The Bertz CT molecular complexity index is 388. The number of hydrogen-bond donors (Lipinski definition) is 1. The van der Waals surface area contributed by atoms with Crippen molar-refractivity contribution in [3.63, 3.8) is 0 Å². The molecule has 1 unspecified atom stereocenters. The van der Waals surface area contributed by atoms with Crippen molar-refractivity contribution in [2.75, 3.05) is 0 Å². The van der Waals surface area contributed by atoms with Crippen molar-refractivity contribution in [2.45, 2.75) is 6.04 Å². The second kappa shape index (κ2) is 3.22. The maximum absolute atomic E-state index is 6.00. The van der Waals surface area contributed by atoms with Gasteiger partial charge in [-0.3, -0.25) is 0 Å². The van der Waals surface area contributed by atoms with Gasteiger partial charge >= 0.3 is 0 Å². The molecule has 1 atom stereocenters. The van der Waals surface area contributed by atoms with E-state index in [1.807, 2.05) is 24.9 Å². The normalized spacial score (nSPS) is 13.1. The molecule has 0 aliphatic heterocycles. The minimum absolute atomic E-state index is 0.331. The largest absolute Gasteiger partial charge is 0.336 e. The smallest absolute Gasteiger partial charge is 0.157 e. The summed E-state index contributed by atoms with van der Waals surface area (Å²) in [5.41, 5.74) is 6.00. The molecule has 6 nitrogen and oxygen atoms in total. The zero-order chi connectivity index (χ0) is 10.1. The highest BCUT2D eigenvalue weighted by atomic mass is 15.3. The van der Waals surface area contributed by atoms with Crippen LogP contribution in [0.5, 0.6) is 0 Å². The molecule has 6 heteroatoms. The van der Waals surface area contributed by atoms with Crippen molar-refractivity contribution in [2.24, 2.45) is 19.8 Å². The predicted molar refractivity (Wildman–Crippen MR) is 50.2 cm³/mol. The van der Waals surface area contributed by atoms with Gasteiger partial charge < -0.3 is 14.9 Å². The van der Waals surface area contributed by atoms with Crippen molar-refractivity contribution >= 4 is 0 Å². The Balaban J connectivity index is 2.38. The quantitative estimate of drug-likeness (QED) is 0.702. The van der Waals surface area contributed by atoms with Gasteiger partial charge in [-0.15, -0.1) is 10.2 Å². The van der Waals surface area contributed by atoms with E-state index in [0.717, 1.165) is 5.82 Å². The summed E-state index contributed by atoms with van der Waals surface area (Å²) in [6.45, 7) is 0.